The SMILES string of the molecule is COCCCN(C(=O)C[NH+]1CCCC1)c1c(N)n(Cc2ccccc2)c(=O)[nH]c1=O. The molecule has 0 unspecified atom stereocenters. The highest BCUT2D eigenvalue weighted by Gasteiger charge is 2.28. The van der Waals surface area contributed by atoms with E-state index in [1.54, 1.807) is 7.11 Å². The average molecular weight is 417 g/mol. The summed E-state index contributed by atoms with van der Waals surface area (Å²) in [7, 11) is 1.59. The molecule has 1 saturated heterocycles. The number of likely N-dealkylation sites (tertiary alicyclic amines) is 1. The number of anilines is 2. The molecule has 2 heterocycles. The molecule has 0 bridgehead atoms. The van der Waals surface area contributed by atoms with Crippen molar-refractivity contribution in [3.63, 3.8) is 0 Å². The van der Waals surface area contributed by atoms with Gasteiger partial charge in [0.15, 0.2) is 12.2 Å². The number of nitrogens with one attached hydrogen (secondary N) is 2. The van der Waals surface area contributed by atoms with Crippen molar-refractivity contribution in [1.82, 2.24) is 9.55 Å². The lowest BCUT2D eigenvalue weighted by molar-refractivity contribution is -0.878. The second kappa shape index (κ2) is 10.2. The first-order valence-corrected chi connectivity index (χ1v) is 10.3. The zero-order valence-electron chi connectivity index (χ0n) is 17.4. The van der Waals surface area contributed by atoms with Gasteiger partial charge in [0.25, 0.3) is 11.5 Å². The Morgan fingerprint density at radius 3 is 2.60 bits per heavy atom. The predicted octanol–water partition coefficient (Wildman–Crippen LogP) is -0.785. The highest BCUT2D eigenvalue weighted by molar-refractivity contribution is 5.96. The van der Waals surface area contributed by atoms with Crippen LogP contribution in [0, 0.1) is 0 Å². The zero-order chi connectivity index (χ0) is 21.5. The number of amides is 1. The number of H-pyrrole nitrogens is 1. The van der Waals surface area contributed by atoms with Crippen LogP contribution in [-0.2, 0) is 16.1 Å². The van der Waals surface area contributed by atoms with Crippen LogP contribution in [0.25, 0.3) is 0 Å². The zero-order valence-corrected chi connectivity index (χ0v) is 17.4. The van der Waals surface area contributed by atoms with E-state index in [4.69, 9.17) is 10.5 Å². The summed E-state index contributed by atoms with van der Waals surface area (Å²) in [6, 6.07) is 9.35. The maximum Gasteiger partial charge on any atom is 0.330 e. The fraction of sp³-hybridized carbons (Fsp3) is 0.476. The smallest absolute Gasteiger partial charge is 0.330 e. The van der Waals surface area contributed by atoms with Crippen LogP contribution in [0.5, 0.6) is 0 Å². The van der Waals surface area contributed by atoms with Crippen LogP contribution in [0.3, 0.4) is 0 Å². The van der Waals surface area contributed by atoms with E-state index < -0.39 is 11.2 Å². The van der Waals surface area contributed by atoms with E-state index in [-0.39, 0.29) is 30.5 Å². The molecule has 0 atom stereocenters. The Morgan fingerprint density at radius 2 is 1.93 bits per heavy atom. The maximum absolute atomic E-state index is 13.1. The molecular weight excluding hydrogens is 386 g/mol. The molecule has 1 fully saturated rings. The van der Waals surface area contributed by atoms with Crippen LogP contribution in [0.4, 0.5) is 11.5 Å². The number of methoxy groups -OCH3 is 1. The first-order chi connectivity index (χ1) is 14.5. The largest absolute Gasteiger partial charge is 0.385 e. The number of benzene rings is 1. The van der Waals surface area contributed by atoms with Crippen molar-refractivity contribution >= 4 is 17.4 Å². The first-order valence-electron chi connectivity index (χ1n) is 10.3. The molecule has 1 aromatic carbocycles. The van der Waals surface area contributed by atoms with Gasteiger partial charge in [0.1, 0.15) is 5.82 Å². The fourth-order valence-corrected chi connectivity index (χ4v) is 3.85. The van der Waals surface area contributed by atoms with Crippen LogP contribution in [-0.4, -0.2) is 55.4 Å². The van der Waals surface area contributed by atoms with Crippen molar-refractivity contribution < 1.29 is 14.4 Å². The molecule has 9 heteroatoms. The van der Waals surface area contributed by atoms with E-state index in [1.165, 1.54) is 14.4 Å². The van der Waals surface area contributed by atoms with E-state index in [0.29, 0.717) is 19.6 Å². The number of nitrogen functional groups attached to an aromatic ring is 1. The number of nitrogens with two attached hydrogens (primary N) is 1. The number of carbonyl (C=O) groups excluding carboxylic acids is 1. The summed E-state index contributed by atoms with van der Waals surface area (Å²) in [6.45, 7) is 3.11. The molecule has 30 heavy (non-hydrogen) atoms. The number of rotatable bonds is 9. The number of aromatic amines is 1. The minimum absolute atomic E-state index is 0.00482. The lowest BCUT2D eigenvalue weighted by Gasteiger charge is -2.25. The third-order valence-electron chi connectivity index (χ3n) is 5.41. The average Bonchev–Trinajstić information content (AvgIpc) is 3.23. The van der Waals surface area contributed by atoms with E-state index in [2.05, 4.69) is 4.98 Å². The van der Waals surface area contributed by atoms with Crippen LogP contribution in [0.1, 0.15) is 24.8 Å². The van der Waals surface area contributed by atoms with Crippen LogP contribution in [0.15, 0.2) is 39.9 Å². The van der Waals surface area contributed by atoms with E-state index in [0.717, 1.165) is 31.5 Å². The Bertz CT molecular complexity index is 964. The summed E-state index contributed by atoms with van der Waals surface area (Å²) in [5.41, 5.74) is 5.94. The van der Waals surface area contributed by atoms with Crippen molar-refractivity contribution in [2.75, 3.05) is 50.5 Å². The van der Waals surface area contributed by atoms with E-state index in [1.807, 2.05) is 30.3 Å². The molecular formula is C21H30N5O4+. The molecule has 0 spiro atoms. The first kappa shape index (κ1) is 21.8. The molecule has 162 valence electrons. The van der Waals surface area contributed by atoms with Gasteiger partial charge >= 0.3 is 5.69 Å². The van der Waals surface area contributed by atoms with Crippen molar-refractivity contribution in [1.29, 1.82) is 0 Å². The second-order valence-electron chi connectivity index (χ2n) is 7.59. The van der Waals surface area contributed by atoms with Crippen LogP contribution in [0.2, 0.25) is 0 Å². The number of hydrogen-bond acceptors (Lipinski definition) is 5. The number of aromatic nitrogens is 2. The second-order valence-corrected chi connectivity index (χ2v) is 7.59. The van der Waals surface area contributed by atoms with Gasteiger partial charge < -0.3 is 15.4 Å². The van der Waals surface area contributed by atoms with Gasteiger partial charge in [-0.05, 0) is 12.0 Å². The van der Waals surface area contributed by atoms with Crippen LogP contribution < -0.4 is 26.8 Å². The Hall–Kier alpha value is -2.91. The highest BCUT2D eigenvalue weighted by atomic mass is 16.5. The number of ether oxygens (including phenoxy) is 1. The van der Waals surface area contributed by atoms with Gasteiger partial charge in [0.2, 0.25) is 0 Å². The Morgan fingerprint density at radius 1 is 1.23 bits per heavy atom. The molecule has 1 aliphatic heterocycles. The molecule has 4 N–H and O–H groups in total. The van der Waals surface area contributed by atoms with Gasteiger partial charge in [-0.15, -0.1) is 0 Å². The van der Waals surface area contributed by atoms with Gasteiger partial charge in [-0.3, -0.25) is 24.0 Å². The van der Waals surface area contributed by atoms with Gasteiger partial charge in [-0.25, -0.2) is 4.79 Å². The van der Waals surface area contributed by atoms with Gasteiger partial charge in [-0.1, -0.05) is 30.3 Å². The summed E-state index contributed by atoms with van der Waals surface area (Å²) < 4.78 is 6.41. The van der Waals surface area contributed by atoms with Crippen molar-refractivity contribution in [2.45, 2.75) is 25.8 Å². The van der Waals surface area contributed by atoms with Gasteiger partial charge in [-0.2, -0.15) is 0 Å². The third-order valence-corrected chi connectivity index (χ3v) is 5.41. The van der Waals surface area contributed by atoms with E-state index >= 15 is 0 Å². The summed E-state index contributed by atoms with van der Waals surface area (Å²) in [6.07, 6.45) is 2.74. The number of quaternary nitrogens is 1. The molecule has 0 aliphatic carbocycles. The molecule has 3 rings (SSSR count). The van der Waals surface area contributed by atoms with Gasteiger partial charge in [0, 0.05) is 33.1 Å². The number of carbonyl (C=O) groups is 1. The summed E-state index contributed by atoms with van der Waals surface area (Å²) in [5, 5.41) is 0. The molecule has 0 radical (unpaired) electrons. The summed E-state index contributed by atoms with van der Waals surface area (Å²) in [4.78, 5) is 43.2. The summed E-state index contributed by atoms with van der Waals surface area (Å²) in [5.74, 6) is -0.181. The molecule has 1 aromatic heterocycles. The van der Waals surface area contributed by atoms with Crippen molar-refractivity contribution in [3.05, 3.63) is 56.7 Å². The number of nitrogens with zero attached hydrogens (tertiary/aromatic N) is 2. The molecule has 1 amide bonds. The topological polar surface area (TPSA) is 115 Å². The lowest BCUT2D eigenvalue weighted by atomic mass is 10.2. The quantitative estimate of drug-likeness (QED) is 0.464. The molecule has 0 saturated carbocycles. The highest BCUT2D eigenvalue weighted by Crippen LogP contribution is 2.18. The van der Waals surface area contributed by atoms with E-state index in [9.17, 15) is 14.4 Å². The lowest BCUT2D eigenvalue weighted by Crippen LogP contribution is -3.11. The minimum atomic E-state index is -0.649. The predicted molar refractivity (Wildman–Crippen MR) is 115 cm³/mol. The third kappa shape index (κ3) is 5.17. The monoisotopic (exact) mass is 416 g/mol. The Kier molecular flexibility index (Phi) is 7.42. The maximum atomic E-state index is 13.1. The van der Waals surface area contributed by atoms with Crippen molar-refractivity contribution in [2.24, 2.45) is 0 Å². The molecule has 1 aliphatic rings. The molecule has 9 nitrogen and oxygen atoms in total. The Balaban J connectivity index is 1.96. The normalized spacial score (nSPS) is 14.2. The van der Waals surface area contributed by atoms with Crippen molar-refractivity contribution in [3.8, 4) is 0 Å². The fourth-order valence-electron chi connectivity index (χ4n) is 3.85. The standard InChI is InChI=1S/C21H29N5O4/c1-30-13-7-12-25(17(27)15-24-10-5-6-11-24)18-19(22)26(21(29)23-20(18)28)14-16-8-3-2-4-9-16/h2-4,8-9H,5-7,10-15,22H2,1H3,(H,23,28,29)/p+1. The number of hydrogen-bond donors (Lipinski definition) is 3. The Labute approximate surface area is 175 Å². The minimum Gasteiger partial charge on any atom is -0.385 e. The summed E-state index contributed by atoms with van der Waals surface area (Å²) >= 11 is 0. The van der Waals surface area contributed by atoms with Crippen LogP contribution >= 0.6 is 0 Å². The molecule has 2 aromatic rings. The van der Waals surface area contributed by atoms with Gasteiger partial charge in [0.05, 0.1) is 19.6 Å².